The fourth-order valence-electron chi connectivity index (χ4n) is 4.20. The SMILES string of the molecule is Cc1cccc(S(=O)(=O)NC(=O)c2ccc(-c3cc(F)cc(OCC(C)C)c3)nc2OCCC2CCOCC2)n1.[HH].[HH]. The summed E-state index contributed by atoms with van der Waals surface area (Å²) >= 11 is 0. The molecule has 9 nitrogen and oxygen atoms in total. The molecule has 0 spiro atoms. The third kappa shape index (κ3) is 7.98. The average molecular weight is 576 g/mol. The van der Waals surface area contributed by atoms with Crippen molar-refractivity contribution in [1.29, 1.82) is 0 Å². The second-order valence-corrected chi connectivity index (χ2v) is 11.8. The van der Waals surface area contributed by atoms with Crippen LogP contribution in [0, 0.1) is 24.6 Å². The van der Waals surface area contributed by atoms with E-state index in [-0.39, 0.29) is 31.8 Å². The zero-order valence-electron chi connectivity index (χ0n) is 22.9. The zero-order valence-corrected chi connectivity index (χ0v) is 23.7. The lowest BCUT2D eigenvalue weighted by atomic mass is 9.97. The number of benzene rings is 1. The first-order valence-corrected chi connectivity index (χ1v) is 14.7. The molecule has 1 amide bonds. The van der Waals surface area contributed by atoms with E-state index in [1.807, 2.05) is 13.8 Å². The van der Waals surface area contributed by atoms with Gasteiger partial charge >= 0.3 is 0 Å². The van der Waals surface area contributed by atoms with Crippen molar-refractivity contribution < 1.29 is 34.7 Å². The molecule has 3 heterocycles. The zero-order chi connectivity index (χ0) is 28.7. The quantitative estimate of drug-likeness (QED) is 0.322. The Balaban J connectivity index is 0.00000308. The number of nitrogens with zero attached hydrogens (tertiary/aromatic N) is 2. The Hall–Kier alpha value is -3.57. The van der Waals surface area contributed by atoms with E-state index in [9.17, 15) is 17.6 Å². The van der Waals surface area contributed by atoms with E-state index in [1.54, 1.807) is 25.1 Å². The van der Waals surface area contributed by atoms with Gasteiger partial charge in [0.05, 0.1) is 18.9 Å². The fraction of sp³-hybridized carbons (Fsp3) is 0.414. The Morgan fingerprint density at radius 3 is 2.62 bits per heavy atom. The number of rotatable bonds is 11. The summed E-state index contributed by atoms with van der Waals surface area (Å²) in [4.78, 5) is 21.7. The largest absolute Gasteiger partial charge is 0.493 e. The van der Waals surface area contributed by atoms with Crippen molar-refractivity contribution in [2.24, 2.45) is 11.8 Å². The van der Waals surface area contributed by atoms with Gasteiger partial charge in [0.25, 0.3) is 15.9 Å². The Labute approximate surface area is 237 Å². The molecule has 0 saturated carbocycles. The Morgan fingerprint density at radius 2 is 1.90 bits per heavy atom. The first kappa shape index (κ1) is 29.4. The summed E-state index contributed by atoms with van der Waals surface area (Å²) in [6.07, 6.45) is 2.54. The molecule has 0 radical (unpaired) electrons. The van der Waals surface area contributed by atoms with Crippen molar-refractivity contribution in [3.05, 3.63) is 65.6 Å². The molecule has 2 aromatic heterocycles. The molecule has 11 heteroatoms. The average Bonchev–Trinajstić information content (AvgIpc) is 2.92. The molecule has 1 aliphatic rings. The summed E-state index contributed by atoms with van der Waals surface area (Å²) in [6, 6.07) is 11.7. The minimum atomic E-state index is -4.25. The molecule has 1 saturated heterocycles. The monoisotopic (exact) mass is 575 g/mol. The van der Waals surface area contributed by atoms with Crippen LogP contribution in [0.1, 0.15) is 52.0 Å². The van der Waals surface area contributed by atoms with Crippen molar-refractivity contribution in [2.75, 3.05) is 26.4 Å². The van der Waals surface area contributed by atoms with E-state index in [2.05, 4.69) is 14.7 Å². The summed E-state index contributed by atoms with van der Waals surface area (Å²) in [6.45, 7) is 7.70. The molecular formula is C29H38FN3O6S. The highest BCUT2D eigenvalue weighted by Gasteiger charge is 2.24. The van der Waals surface area contributed by atoms with Crippen molar-refractivity contribution in [2.45, 2.75) is 45.1 Å². The van der Waals surface area contributed by atoms with Crippen LogP contribution in [-0.2, 0) is 14.8 Å². The summed E-state index contributed by atoms with van der Waals surface area (Å²) in [5.74, 6) is -0.452. The van der Waals surface area contributed by atoms with Crippen LogP contribution in [0.5, 0.6) is 11.6 Å². The summed E-state index contributed by atoms with van der Waals surface area (Å²) in [5, 5.41) is -0.277. The van der Waals surface area contributed by atoms with E-state index >= 15 is 0 Å². The van der Waals surface area contributed by atoms with E-state index in [1.165, 1.54) is 30.3 Å². The van der Waals surface area contributed by atoms with Crippen molar-refractivity contribution >= 4 is 15.9 Å². The van der Waals surface area contributed by atoms with Gasteiger partial charge in [0.1, 0.15) is 17.1 Å². The molecule has 1 fully saturated rings. The smallest absolute Gasteiger partial charge is 0.281 e. The van der Waals surface area contributed by atoms with Crippen LogP contribution in [0.25, 0.3) is 11.3 Å². The Bertz CT molecular complexity index is 1450. The number of nitrogens with one attached hydrogen (secondary N) is 1. The van der Waals surface area contributed by atoms with Crippen molar-refractivity contribution in [3.8, 4) is 22.9 Å². The number of amides is 1. The molecule has 0 bridgehead atoms. The summed E-state index contributed by atoms with van der Waals surface area (Å²) < 4.78 is 59.3. The van der Waals surface area contributed by atoms with Crippen molar-refractivity contribution in [3.63, 3.8) is 0 Å². The maximum absolute atomic E-state index is 14.4. The van der Waals surface area contributed by atoms with Gasteiger partial charge in [0.15, 0.2) is 5.03 Å². The third-order valence-electron chi connectivity index (χ3n) is 6.33. The van der Waals surface area contributed by atoms with E-state index in [4.69, 9.17) is 14.2 Å². The normalized spacial score (nSPS) is 14.2. The minimum absolute atomic E-state index is 0. The second-order valence-electron chi connectivity index (χ2n) is 10.2. The number of hydrogen-bond donors (Lipinski definition) is 1. The van der Waals surface area contributed by atoms with Crippen LogP contribution >= 0.6 is 0 Å². The molecule has 3 aromatic rings. The molecule has 218 valence electrons. The predicted molar refractivity (Wildman–Crippen MR) is 151 cm³/mol. The number of hydrogen-bond acceptors (Lipinski definition) is 8. The van der Waals surface area contributed by atoms with Gasteiger partial charge in [-0.05, 0) is 74.4 Å². The van der Waals surface area contributed by atoms with E-state index in [0.29, 0.717) is 48.4 Å². The highest BCUT2D eigenvalue weighted by Crippen LogP contribution is 2.29. The Morgan fingerprint density at radius 1 is 1.12 bits per heavy atom. The third-order valence-corrected chi connectivity index (χ3v) is 7.56. The minimum Gasteiger partial charge on any atom is -0.493 e. The van der Waals surface area contributed by atoms with Crippen LogP contribution in [0.4, 0.5) is 4.39 Å². The van der Waals surface area contributed by atoms with Gasteiger partial charge in [-0.25, -0.2) is 19.1 Å². The number of ether oxygens (including phenoxy) is 3. The summed E-state index contributed by atoms with van der Waals surface area (Å²) in [5.41, 5.74) is 1.19. The van der Waals surface area contributed by atoms with Gasteiger partial charge in [-0.3, -0.25) is 4.79 Å². The number of sulfonamides is 1. The molecule has 0 unspecified atom stereocenters. The number of carbonyl (C=O) groups excluding carboxylic acids is 1. The molecule has 1 aliphatic heterocycles. The predicted octanol–water partition coefficient (Wildman–Crippen LogP) is 5.43. The summed E-state index contributed by atoms with van der Waals surface area (Å²) in [7, 11) is -4.25. The molecule has 0 atom stereocenters. The number of aromatic nitrogens is 2. The lowest BCUT2D eigenvalue weighted by Gasteiger charge is -2.22. The first-order chi connectivity index (χ1) is 19.1. The van der Waals surface area contributed by atoms with Crippen LogP contribution in [0.2, 0.25) is 0 Å². The van der Waals surface area contributed by atoms with Gasteiger partial charge in [-0.1, -0.05) is 19.9 Å². The lowest BCUT2D eigenvalue weighted by Crippen LogP contribution is -2.31. The lowest BCUT2D eigenvalue weighted by molar-refractivity contribution is 0.0591. The van der Waals surface area contributed by atoms with Gasteiger partial charge in [0, 0.05) is 33.4 Å². The van der Waals surface area contributed by atoms with E-state index < -0.39 is 21.7 Å². The molecule has 4 rings (SSSR count). The highest BCUT2D eigenvalue weighted by atomic mass is 32.2. The fourth-order valence-corrected chi connectivity index (χ4v) is 5.18. The molecule has 1 aromatic carbocycles. The van der Waals surface area contributed by atoms with Crippen LogP contribution < -0.4 is 14.2 Å². The number of halogens is 1. The van der Waals surface area contributed by atoms with Gasteiger partial charge in [-0.15, -0.1) is 0 Å². The van der Waals surface area contributed by atoms with Crippen LogP contribution in [0.15, 0.2) is 53.6 Å². The first-order valence-electron chi connectivity index (χ1n) is 13.3. The van der Waals surface area contributed by atoms with Crippen LogP contribution in [0.3, 0.4) is 0 Å². The topological polar surface area (TPSA) is 117 Å². The molecule has 0 aliphatic carbocycles. The van der Waals surface area contributed by atoms with Gasteiger partial charge < -0.3 is 14.2 Å². The van der Waals surface area contributed by atoms with Gasteiger partial charge in [0.2, 0.25) is 5.88 Å². The molecular weight excluding hydrogens is 537 g/mol. The molecule has 40 heavy (non-hydrogen) atoms. The number of pyridine rings is 2. The molecule has 1 N–H and O–H groups in total. The Kier molecular flexibility index (Phi) is 9.70. The highest BCUT2D eigenvalue weighted by molar-refractivity contribution is 7.90. The van der Waals surface area contributed by atoms with Crippen LogP contribution in [-0.4, -0.2) is 50.7 Å². The standard InChI is InChI=1S/C29H34FN3O6S.2H2/c1-19(2)18-39-24-16-22(15-23(30)17-24)26-8-7-25(29(32-26)38-14-11-21-9-12-37-13-10-21)28(34)33-40(35,36)27-6-4-5-20(3)31-27;;/h4-8,15-17,19,21H,9-14,18H2,1-3H3,(H,33,34);2*1H. The van der Waals surface area contributed by atoms with Crippen molar-refractivity contribution in [1.82, 2.24) is 14.7 Å². The second kappa shape index (κ2) is 13.2. The maximum atomic E-state index is 14.4. The maximum Gasteiger partial charge on any atom is 0.281 e. The van der Waals surface area contributed by atoms with E-state index in [0.717, 1.165) is 19.3 Å². The van der Waals surface area contributed by atoms with Gasteiger partial charge in [-0.2, -0.15) is 8.42 Å². The number of aryl methyl sites for hydroxylation is 1. The number of carbonyl (C=O) groups is 1.